The highest BCUT2D eigenvalue weighted by atomic mass is 32.2. The normalized spacial score (nSPS) is 27.5. The molecule has 2 atom stereocenters. The standard InChI is InChI=1S/C14H19FN2O2S/c1-10-3-2-4-13(14(10)15)20(18,19)17-8-7-11-5-6-12(9-17)16-11/h2-4,11-12,16H,5-9H2,1H3. The fraction of sp³-hybridized carbons (Fsp3) is 0.571. The van der Waals surface area contributed by atoms with Crippen LogP contribution < -0.4 is 5.32 Å². The molecule has 1 aromatic rings. The quantitative estimate of drug-likeness (QED) is 0.903. The molecule has 4 nitrogen and oxygen atoms in total. The van der Waals surface area contributed by atoms with Gasteiger partial charge in [0.1, 0.15) is 10.7 Å². The van der Waals surface area contributed by atoms with Crippen molar-refractivity contribution in [2.75, 3.05) is 13.1 Å². The molecule has 1 N–H and O–H groups in total. The zero-order valence-corrected chi connectivity index (χ0v) is 12.3. The second-order valence-corrected chi connectivity index (χ2v) is 7.58. The van der Waals surface area contributed by atoms with Crippen molar-refractivity contribution in [1.82, 2.24) is 9.62 Å². The molecule has 2 unspecified atom stereocenters. The highest BCUT2D eigenvalue weighted by Crippen LogP contribution is 2.27. The third-order valence-corrected chi connectivity index (χ3v) is 6.14. The average Bonchev–Trinajstić information content (AvgIpc) is 2.71. The molecule has 0 amide bonds. The van der Waals surface area contributed by atoms with E-state index in [-0.39, 0.29) is 10.9 Å². The Balaban J connectivity index is 1.93. The van der Waals surface area contributed by atoms with Crippen LogP contribution in [-0.4, -0.2) is 37.9 Å². The smallest absolute Gasteiger partial charge is 0.246 e. The van der Waals surface area contributed by atoms with Crippen LogP contribution in [0, 0.1) is 12.7 Å². The number of hydrogen-bond acceptors (Lipinski definition) is 3. The van der Waals surface area contributed by atoms with Gasteiger partial charge in [0.05, 0.1) is 0 Å². The molecule has 1 aromatic carbocycles. The molecule has 2 fully saturated rings. The highest BCUT2D eigenvalue weighted by Gasteiger charge is 2.36. The molecule has 6 heteroatoms. The summed E-state index contributed by atoms with van der Waals surface area (Å²) in [4.78, 5) is -0.199. The maximum Gasteiger partial charge on any atom is 0.246 e. The minimum Gasteiger partial charge on any atom is -0.310 e. The zero-order chi connectivity index (χ0) is 14.3. The van der Waals surface area contributed by atoms with Crippen molar-refractivity contribution in [3.05, 3.63) is 29.6 Å². The fourth-order valence-electron chi connectivity index (χ4n) is 3.09. The summed E-state index contributed by atoms with van der Waals surface area (Å²) in [6, 6.07) is 5.13. The van der Waals surface area contributed by atoms with E-state index in [1.807, 2.05) is 0 Å². The van der Waals surface area contributed by atoms with Gasteiger partial charge in [0.25, 0.3) is 0 Å². The van der Waals surface area contributed by atoms with Gasteiger partial charge in [0.2, 0.25) is 10.0 Å². The largest absolute Gasteiger partial charge is 0.310 e. The van der Waals surface area contributed by atoms with E-state index in [0.29, 0.717) is 24.7 Å². The molecule has 0 aromatic heterocycles. The second-order valence-electron chi connectivity index (χ2n) is 5.68. The predicted molar refractivity (Wildman–Crippen MR) is 74.5 cm³/mol. The maximum atomic E-state index is 14.1. The molecule has 0 radical (unpaired) electrons. The third-order valence-electron chi connectivity index (χ3n) is 4.26. The number of hydrogen-bond donors (Lipinski definition) is 1. The van der Waals surface area contributed by atoms with Crippen molar-refractivity contribution in [3.8, 4) is 0 Å². The number of benzene rings is 1. The van der Waals surface area contributed by atoms with Crippen LogP contribution in [-0.2, 0) is 10.0 Å². The lowest BCUT2D eigenvalue weighted by atomic mass is 10.1. The molecule has 20 heavy (non-hydrogen) atoms. The maximum absolute atomic E-state index is 14.1. The first-order valence-corrected chi connectivity index (χ1v) is 8.44. The fourth-order valence-corrected chi connectivity index (χ4v) is 4.73. The molecule has 2 heterocycles. The van der Waals surface area contributed by atoms with Crippen molar-refractivity contribution in [1.29, 1.82) is 0 Å². The summed E-state index contributed by atoms with van der Waals surface area (Å²) in [5.41, 5.74) is 0.362. The van der Waals surface area contributed by atoms with E-state index < -0.39 is 15.8 Å². The monoisotopic (exact) mass is 298 g/mol. The number of nitrogens with zero attached hydrogens (tertiary/aromatic N) is 1. The molecule has 2 saturated heterocycles. The lowest BCUT2D eigenvalue weighted by molar-refractivity contribution is 0.381. The van der Waals surface area contributed by atoms with E-state index in [4.69, 9.17) is 0 Å². The van der Waals surface area contributed by atoms with Crippen LogP contribution in [0.25, 0.3) is 0 Å². The van der Waals surface area contributed by atoms with E-state index in [0.717, 1.165) is 19.3 Å². The summed E-state index contributed by atoms with van der Waals surface area (Å²) in [6.07, 6.45) is 2.90. The van der Waals surface area contributed by atoms with Gasteiger partial charge in [-0.25, -0.2) is 12.8 Å². The van der Waals surface area contributed by atoms with Gasteiger partial charge in [-0.05, 0) is 37.8 Å². The van der Waals surface area contributed by atoms with Crippen LogP contribution in [0.4, 0.5) is 4.39 Å². The number of rotatable bonds is 2. The number of nitrogens with one attached hydrogen (secondary N) is 1. The van der Waals surface area contributed by atoms with Gasteiger partial charge < -0.3 is 5.32 Å². The number of fused-ring (bicyclic) bond motifs is 2. The topological polar surface area (TPSA) is 49.4 Å². The minimum absolute atomic E-state index is 0.199. The van der Waals surface area contributed by atoms with E-state index in [2.05, 4.69) is 5.32 Å². The first kappa shape index (κ1) is 14.0. The van der Waals surface area contributed by atoms with Crippen LogP contribution >= 0.6 is 0 Å². The Bertz CT molecular complexity index is 618. The third kappa shape index (κ3) is 2.36. The lowest BCUT2D eigenvalue weighted by Gasteiger charge is -2.24. The Morgan fingerprint density at radius 2 is 2.00 bits per heavy atom. The second kappa shape index (κ2) is 5.09. The van der Waals surface area contributed by atoms with E-state index in [9.17, 15) is 12.8 Å². The van der Waals surface area contributed by atoms with Gasteiger partial charge in [-0.1, -0.05) is 12.1 Å². The number of sulfonamides is 1. The van der Waals surface area contributed by atoms with Gasteiger partial charge in [0.15, 0.2) is 0 Å². The molecular weight excluding hydrogens is 279 g/mol. The zero-order valence-electron chi connectivity index (χ0n) is 11.5. The van der Waals surface area contributed by atoms with Crippen LogP contribution in [0.2, 0.25) is 0 Å². The van der Waals surface area contributed by atoms with Crippen molar-refractivity contribution >= 4 is 10.0 Å². The Morgan fingerprint density at radius 1 is 1.25 bits per heavy atom. The van der Waals surface area contributed by atoms with E-state index >= 15 is 0 Å². The van der Waals surface area contributed by atoms with Gasteiger partial charge in [0, 0.05) is 25.2 Å². The SMILES string of the molecule is Cc1cccc(S(=O)(=O)N2CCC3CCC(C2)N3)c1F. The van der Waals surface area contributed by atoms with Crippen LogP contribution in [0.3, 0.4) is 0 Å². The van der Waals surface area contributed by atoms with Crippen LogP contribution in [0.15, 0.2) is 23.1 Å². The summed E-state index contributed by atoms with van der Waals surface area (Å²) in [6.45, 7) is 2.48. The summed E-state index contributed by atoms with van der Waals surface area (Å²) in [5.74, 6) is -0.630. The van der Waals surface area contributed by atoms with Crippen molar-refractivity contribution in [2.45, 2.75) is 43.2 Å². The summed E-state index contributed by atoms with van der Waals surface area (Å²) < 4.78 is 40.8. The predicted octanol–water partition coefficient (Wildman–Crippen LogP) is 1.65. The van der Waals surface area contributed by atoms with E-state index in [1.54, 1.807) is 19.1 Å². The molecule has 3 rings (SSSR count). The Kier molecular flexibility index (Phi) is 3.56. The molecule has 2 aliphatic rings. The Labute approximate surface area is 119 Å². The molecule has 0 aliphatic carbocycles. The Morgan fingerprint density at radius 3 is 2.80 bits per heavy atom. The molecule has 2 bridgehead atoms. The molecule has 2 aliphatic heterocycles. The summed E-state index contributed by atoms with van der Waals surface area (Å²) in [5, 5.41) is 3.43. The molecular formula is C14H19FN2O2S. The number of halogens is 1. The first-order chi connectivity index (χ1) is 9.48. The molecule has 0 spiro atoms. The van der Waals surface area contributed by atoms with Crippen molar-refractivity contribution in [3.63, 3.8) is 0 Å². The van der Waals surface area contributed by atoms with Crippen LogP contribution in [0.1, 0.15) is 24.8 Å². The minimum atomic E-state index is -3.74. The lowest BCUT2D eigenvalue weighted by Crippen LogP contribution is -2.39. The van der Waals surface area contributed by atoms with Gasteiger partial charge >= 0.3 is 0 Å². The average molecular weight is 298 g/mol. The molecule has 110 valence electrons. The van der Waals surface area contributed by atoms with E-state index in [1.165, 1.54) is 10.4 Å². The highest BCUT2D eigenvalue weighted by molar-refractivity contribution is 7.89. The van der Waals surface area contributed by atoms with Crippen molar-refractivity contribution < 1.29 is 12.8 Å². The van der Waals surface area contributed by atoms with Gasteiger partial charge in [-0.3, -0.25) is 0 Å². The van der Waals surface area contributed by atoms with Crippen molar-refractivity contribution in [2.24, 2.45) is 0 Å². The van der Waals surface area contributed by atoms with Gasteiger partial charge in [-0.15, -0.1) is 0 Å². The van der Waals surface area contributed by atoms with Gasteiger partial charge in [-0.2, -0.15) is 4.31 Å². The van der Waals surface area contributed by atoms with Crippen LogP contribution in [0.5, 0.6) is 0 Å². The summed E-state index contributed by atoms with van der Waals surface area (Å²) >= 11 is 0. The number of aryl methyl sites for hydroxylation is 1. The first-order valence-electron chi connectivity index (χ1n) is 7.00. The molecule has 0 saturated carbocycles. The summed E-state index contributed by atoms with van der Waals surface area (Å²) in [7, 11) is -3.74. The Hall–Kier alpha value is -0.980.